The third-order valence-corrected chi connectivity index (χ3v) is 4.92. The average molecular weight is 261 g/mol. The van der Waals surface area contributed by atoms with Crippen LogP contribution in [0.2, 0.25) is 0 Å². The molecule has 0 amide bonds. The van der Waals surface area contributed by atoms with Gasteiger partial charge in [0.1, 0.15) is 9.84 Å². The first-order chi connectivity index (χ1) is 7.88. The lowest BCUT2D eigenvalue weighted by Crippen LogP contribution is -2.32. The van der Waals surface area contributed by atoms with E-state index in [4.69, 9.17) is 0 Å². The smallest absolute Gasteiger partial charge is 0.147 e. The minimum absolute atomic E-state index is 0.317. The van der Waals surface area contributed by atoms with E-state index >= 15 is 0 Å². The molecule has 3 nitrogen and oxygen atoms in total. The quantitative estimate of drug-likeness (QED) is 0.735. The van der Waals surface area contributed by atoms with Crippen LogP contribution in [0.15, 0.2) is 0 Å². The first-order valence-electron chi connectivity index (χ1n) is 6.75. The Kier molecular flexibility index (Phi) is 5.93. The second-order valence-electron chi connectivity index (χ2n) is 5.77. The van der Waals surface area contributed by atoms with Gasteiger partial charge in [0.15, 0.2) is 0 Å². The van der Waals surface area contributed by atoms with Crippen molar-refractivity contribution in [2.75, 3.05) is 32.1 Å². The van der Waals surface area contributed by atoms with Gasteiger partial charge in [-0.3, -0.25) is 0 Å². The van der Waals surface area contributed by atoms with Crippen molar-refractivity contribution >= 4 is 9.84 Å². The Morgan fingerprint density at radius 1 is 1.24 bits per heavy atom. The predicted molar refractivity (Wildman–Crippen MR) is 72.9 cm³/mol. The van der Waals surface area contributed by atoms with Crippen LogP contribution in [0.1, 0.15) is 39.0 Å². The zero-order valence-corrected chi connectivity index (χ0v) is 12.3. The lowest BCUT2D eigenvalue weighted by atomic mass is 9.80. The van der Waals surface area contributed by atoms with E-state index in [2.05, 4.69) is 18.9 Å². The molecule has 0 aromatic carbocycles. The molecule has 2 atom stereocenters. The minimum atomic E-state index is -2.79. The second kappa shape index (κ2) is 6.74. The standard InChI is InChI=1S/C13H27NO2S/c1-12-7-4-5-8-13(12)11-14(2)9-6-10-17(3,15)16/h12-13H,4-11H2,1-3H3/t12-,13-/m1/s1. The summed E-state index contributed by atoms with van der Waals surface area (Å²) >= 11 is 0. The van der Waals surface area contributed by atoms with E-state index in [-0.39, 0.29) is 0 Å². The van der Waals surface area contributed by atoms with E-state index in [0.717, 1.165) is 31.3 Å². The molecule has 0 radical (unpaired) electrons. The third kappa shape index (κ3) is 6.41. The molecule has 0 aliphatic heterocycles. The summed E-state index contributed by atoms with van der Waals surface area (Å²) < 4.78 is 22.1. The fourth-order valence-electron chi connectivity index (χ4n) is 2.75. The monoisotopic (exact) mass is 261 g/mol. The molecule has 102 valence electrons. The van der Waals surface area contributed by atoms with Crippen molar-refractivity contribution in [1.29, 1.82) is 0 Å². The summed E-state index contributed by atoms with van der Waals surface area (Å²) in [6, 6.07) is 0. The van der Waals surface area contributed by atoms with Crippen LogP contribution in [-0.4, -0.2) is 45.5 Å². The molecule has 0 unspecified atom stereocenters. The highest BCUT2D eigenvalue weighted by Gasteiger charge is 2.22. The molecule has 4 heteroatoms. The van der Waals surface area contributed by atoms with E-state index in [1.54, 1.807) is 0 Å². The number of rotatable bonds is 6. The van der Waals surface area contributed by atoms with Crippen molar-refractivity contribution in [2.45, 2.75) is 39.0 Å². The predicted octanol–water partition coefficient (Wildman–Crippen LogP) is 2.18. The van der Waals surface area contributed by atoms with Gasteiger partial charge in [-0.05, 0) is 38.3 Å². The summed E-state index contributed by atoms with van der Waals surface area (Å²) in [5.74, 6) is 1.96. The van der Waals surface area contributed by atoms with Crippen LogP contribution in [0.3, 0.4) is 0 Å². The van der Waals surface area contributed by atoms with Crippen molar-refractivity contribution in [2.24, 2.45) is 11.8 Å². The highest BCUT2D eigenvalue weighted by atomic mass is 32.2. The zero-order valence-electron chi connectivity index (χ0n) is 11.5. The van der Waals surface area contributed by atoms with Gasteiger partial charge in [-0.25, -0.2) is 8.42 Å². The number of hydrogen-bond acceptors (Lipinski definition) is 3. The molecule has 0 heterocycles. The fourth-order valence-corrected chi connectivity index (χ4v) is 3.41. The maximum absolute atomic E-state index is 11.0. The van der Waals surface area contributed by atoms with Crippen LogP contribution in [0, 0.1) is 11.8 Å². The molecule has 17 heavy (non-hydrogen) atoms. The normalized spacial score (nSPS) is 26.4. The Labute approximate surface area is 106 Å². The van der Waals surface area contributed by atoms with Crippen LogP contribution in [0.4, 0.5) is 0 Å². The van der Waals surface area contributed by atoms with Crippen molar-refractivity contribution in [3.8, 4) is 0 Å². The van der Waals surface area contributed by atoms with Crippen LogP contribution >= 0.6 is 0 Å². The molecule has 1 rings (SSSR count). The van der Waals surface area contributed by atoms with Gasteiger partial charge in [0.25, 0.3) is 0 Å². The molecule has 0 bridgehead atoms. The van der Waals surface area contributed by atoms with Gasteiger partial charge in [0.2, 0.25) is 0 Å². The van der Waals surface area contributed by atoms with Crippen molar-refractivity contribution < 1.29 is 8.42 Å². The second-order valence-corrected chi connectivity index (χ2v) is 8.03. The molecular weight excluding hydrogens is 234 g/mol. The highest BCUT2D eigenvalue weighted by Crippen LogP contribution is 2.29. The van der Waals surface area contributed by atoms with Gasteiger partial charge in [-0.1, -0.05) is 26.2 Å². The Balaban J connectivity index is 2.22. The molecule has 0 N–H and O–H groups in total. The van der Waals surface area contributed by atoms with Gasteiger partial charge < -0.3 is 4.90 Å². The maximum atomic E-state index is 11.0. The Morgan fingerprint density at radius 3 is 2.47 bits per heavy atom. The Bertz CT molecular complexity index is 313. The summed E-state index contributed by atoms with van der Waals surface area (Å²) in [5, 5.41) is 0. The molecule has 0 aromatic heterocycles. The van der Waals surface area contributed by atoms with E-state index in [0.29, 0.717) is 5.75 Å². The lowest BCUT2D eigenvalue weighted by Gasteiger charge is -2.32. The molecule has 1 aliphatic rings. The van der Waals surface area contributed by atoms with Crippen LogP contribution < -0.4 is 0 Å². The summed E-state index contributed by atoms with van der Waals surface area (Å²) in [5.41, 5.74) is 0. The number of sulfone groups is 1. The topological polar surface area (TPSA) is 37.4 Å². The van der Waals surface area contributed by atoms with E-state index in [9.17, 15) is 8.42 Å². The van der Waals surface area contributed by atoms with Crippen LogP contribution in [0.5, 0.6) is 0 Å². The van der Waals surface area contributed by atoms with E-state index in [1.807, 2.05) is 0 Å². The van der Waals surface area contributed by atoms with Crippen molar-refractivity contribution in [3.05, 3.63) is 0 Å². The molecule has 0 spiro atoms. The molecule has 0 saturated heterocycles. The third-order valence-electron chi connectivity index (χ3n) is 3.89. The minimum Gasteiger partial charge on any atom is -0.306 e. The Hall–Kier alpha value is -0.0900. The number of nitrogens with zero attached hydrogens (tertiary/aromatic N) is 1. The molecule has 1 fully saturated rings. The van der Waals surface area contributed by atoms with Gasteiger partial charge in [0, 0.05) is 12.8 Å². The van der Waals surface area contributed by atoms with Crippen LogP contribution in [-0.2, 0) is 9.84 Å². The summed E-state index contributed by atoms with van der Waals surface area (Å²) in [6.45, 7) is 4.38. The van der Waals surface area contributed by atoms with E-state index < -0.39 is 9.84 Å². The first-order valence-corrected chi connectivity index (χ1v) is 8.81. The van der Waals surface area contributed by atoms with Gasteiger partial charge in [0.05, 0.1) is 5.75 Å². The largest absolute Gasteiger partial charge is 0.306 e. The van der Waals surface area contributed by atoms with Crippen LogP contribution in [0.25, 0.3) is 0 Å². The maximum Gasteiger partial charge on any atom is 0.147 e. The lowest BCUT2D eigenvalue weighted by molar-refractivity contribution is 0.181. The molecule has 1 saturated carbocycles. The molecule has 1 aliphatic carbocycles. The molecular formula is C13H27NO2S. The average Bonchev–Trinajstić information content (AvgIpc) is 2.19. The first kappa shape index (κ1) is 15.0. The van der Waals surface area contributed by atoms with Gasteiger partial charge >= 0.3 is 0 Å². The number of hydrogen-bond donors (Lipinski definition) is 0. The summed E-state index contributed by atoms with van der Waals surface area (Å²) in [4.78, 5) is 2.30. The zero-order chi connectivity index (χ0) is 12.9. The highest BCUT2D eigenvalue weighted by molar-refractivity contribution is 7.90. The summed E-state index contributed by atoms with van der Waals surface area (Å²) in [7, 11) is -0.676. The van der Waals surface area contributed by atoms with Gasteiger partial charge in [-0.2, -0.15) is 0 Å². The summed E-state index contributed by atoms with van der Waals surface area (Å²) in [6.07, 6.45) is 7.54. The van der Waals surface area contributed by atoms with Crippen molar-refractivity contribution in [3.63, 3.8) is 0 Å². The fraction of sp³-hybridized carbons (Fsp3) is 1.00. The molecule has 0 aromatic rings. The van der Waals surface area contributed by atoms with E-state index in [1.165, 1.54) is 31.9 Å². The Morgan fingerprint density at radius 2 is 1.88 bits per heavy atom. The van der Waals surface area contributed by atoms with Crippen molar-refractivity contribution in [1.82, 2.24) is 4.90 Å². The SMILES string of the molecule is C[C@@H]1CCCC[C@@H]1CN(C)CCCS(C)(=O)=O. The van der Waals surface area contributed by atoms with Gasteiger partial charge in [-0.15, -0.1) is 0 Å².